The minimum absolute atomic E-state index is 0.0218. The fourth-order valence-corrected chi connectivity index (χ4v) is 6.71. The average Bonchev–Trinajstić information content (AvgIpc) is 3.82. The monoisotopic (exact) mass is 612 g/mol. The third-order valence-corrected chi connectivity index (χ3v) is 9.00. The van der Waals surface area contributed by atoms with Gasteiger partial charge in [0.25, 0.3) is 0 Å². The van der Waals surface area contributed by atoms with Crippen molar-refractivity contribution in [2.24, 2.45) is 11.8 Å². The Balaban J connectivity index is 0.000000141. The topological polar surface area (TPSA) is 115 Å². The van der Waals surface area contributed by atoms with E-state index in [4.69, 9.17) is 37.6 Å². The standard InChI is InChI=1S/C20H18O6.C15H14O4/c1-3-15-17(25-9-23-15)5-11(1)19-13-7-22-20(14(13)8-21-19)12-2-4-16-18(6-12)26-10-24-16;1-8-3-4-10-12(18-7-8)6-13-14(15(10)17)11(16)5-9(2)19-13/h1-6,13-14,19-20H,7-10H2;3,5-6,17H,4,7H2,1-2H3. The maximum absolute atomic E-state index is 12.0. The summed E-state index contributed by atoms with van der Waals surface area (Å²) < 4.78 is 45.3. The maximum Gasteiger partial charge on any atom is 0.231 e. The molecule has 45 heavy (non-hydrogen) atoms. The van der Waals surface area contributed by atoms with E-state index >= 15 is 0 Å². The highest BCUT2D eigenvalue weighted by Crippen LogP contribution is 2.52. The Morgan fingerprint density at radius 1 is 0.711 bits per heavy atom. The van der Waals surface area contributed by atoms with Gasteiger partial charge in [0.05, 0.1) is 25.4 Å². The van der Waals surface area contributed by atoms with Gasteiger partial charge in [-0.3, -0.25) is 4.79 Å². The molecule has 6 heterocycles. The lowest BCUT2D eigenvalue weighted by Gasteiger charge is -2.17. The molecule has 9 rings (SSSR count). The summed E-state index contributed by atoms with van der Waals surface area (Å²) in [6, 6.07) is 15.2. The van der Waals surface area contributed by atoms with Crippen molar-refractivity contribution in [2.45, 2.75) is 32.5 Å². The average molecular weight is 613 g/mol. The van der Waals surface area contributed by atoms with E-state index in [1.54, 1.807) is 13.0 Å². The van der Waals surface area contributed by atoms with Crippen molar-refractivity contribution in [3.63, 3.8) is 0 Å². The summed E-state index contributed by atoms with van der Waals surface area (Å²) in [4.78, 5) is 12.0. The molecule has 1 N–H and O–H groups in total. The molecule has 0 radical (unpaired) electrons. The second-order valence-corrected chi connectivity index (χ2v) is 11.9. The van der Waals surface area contributed by atoms with Crippen LogP contribution in [0.5, 0.6) is 34.5 Å². The Morgan fingerprint density at radius 3 is 1.93 bits per heavy atom. The van der Waals surface area contributed by atoms with Crippen molar-refractivity contribution < 1.29 is 42.7 Å². The van der Waals surface area contributed by atoms with Crippen molar-refractivity contribution in [1.29, 1.82) is 0 Å². The number of aromatic hydroxyl groups is 1. The second-order valence-electron chi connectivity index (χ2n) is 11.9. The van der Waals surface area contributed by atoms with Gasteiger partial charge in [0.2, 0.25) is 13.6 Å². The maximum atomic E-state index is 12.0. The number of hydrogen-bond acceptors (Lipinski definition) is 10. The molecular weight excluding hydrogens is 580 g/mol. The SMILES string of the molecule is CC1=CCc2c(cc3oc(C)cc(=O)c3c2O)OC1.c1cc2c(cc1C1OCC3C(c4ccc5c(c4)OCO5)OCC13)OCO2. The van der Waals surface area contributed by atoms with Gasteiger partial charge in [-0.1, -0.05) is 18.2 Å². The molecule has 4 unspecified atom stereocenters. The zero-order chi connectivity index (χ0) is 30.7. The Hall–Kier alpha value is -4.67. The molecule has 2 fully saturated rings. The Kier molecular flexibility index (Phi) is 6.84. The predicted octanol–water partition coefficient (Wildman–Crippen LogP) is 5.91. The molecule has 4 aromatic rings. The molecule has 5 aliphatic rings. The summed E-state index contributed by atoms with van der Waals surface area (Å²) >= 11 is 0. The molecule has 232 valence electrons. The largest absolute Gasteiger partial charge is 0.507 e. The molecule has 0 spiro atoms. The van der Waals surface area contributed by atoms with E-state index in [2.05, 4.69) is 12.1 Å². The van der Waals surface area contributed by atoms with E-state index in [0.717, 1.165) is 39.7 Å². The highest BCUT2D eigenvalue weighted by atomic mass is 16.7. The number of hydrogen-bond donors (Lipinski definition) is 1. The van der Waals surface area contributed by atoms with Crippen molar-refractivity contribution in [2.75, 3.05) is 33.4 Å². The summed E-state index contributed by atoms with van der Waals surface area (Å²) in [6.45, 7) is 6.09. The van der Waals surface area contributed by atoms with Gasteiger partial charge in [-0.15, -0.1) is 0 Å². The number of ether oxygens (including phenoxy) is 7. The third-order valence-electron chi connectivity index (χ3n) is 9.00. The van der Waals surface area contributed by atoms with E-state index < -0.39 is 0 Å². The van der Waals surface area contributed by atoms with E-state index in [0.29, 0.717) is 60.7 Å². The van der Waals surface area contributed by atoms with Crippen molar-refractivity contribution in [3.8, 4) is 34.5 Å². The van der Waals surface area contributed by atoms with Crippen LogP contribution in [0.25, 0.3) is 11.0 Å². The molecular formula is C35H32O10. The van der Waals surface area contributed by atoms with E-state index in [9.17, 15) is 9.90 Å². The Morgan fingerprint density at radius 2 is 1.31 bits per heavy atom. The zero-order valence-electron chi connectivity index (χ0n) is 24.9. The van der Waals surface area contributed by atoms with E-state index in [-0.39, 0.29) is 42.4 Å². The van der Waals surface area contributed by atoms with Crippen LogP contribution in [0.4, 0.5) is 0 Å². The Bertz CT molecular complexity index is 1820. The quantitative estimate of drug-likeness (QED) is 0.274. The van der Waals surface area contributed by atoms with Crippen LogP contribution in [-0.2, 0) is 15.9 Å². The minimum Gasteiger partial charge on any atom is -0.507 e. The second kappa shape index (κ2) is 11.0. The van der Waals surface area contributed by atoms with Crippen molar-refractivity contribution >= 4 is 11.0 Å². The number of fused-ring (bicyclic) bond motifs is 5. The number of aryl methyl sites for hydroxylation is 1. The summed E-state index contributed by atoms with van der Waals surface area (Å²) in [5.41, 5.74) is 4.11. The molecule has 10 nitrogen and oxygen atoms in total. The fraction of sp³-hybridized carbons (Fsp3) is 0.343. The van der Waals surface area contributed by atoms with E-state index in [1.807, 2.05) is 37.3 Å². The molecule has 0 bridgehead atoms. The van der Waals surface area contributed by atoms with Gasteiger partial charge in [0.1, 0.15) is 34.8 Å². The number of phenolic OH excluding ortho intramolecular Hbond substituents is 1. The lowest BCUT2D eigenvalue weighted by molar-refractivity contribution is 0.0192. The first-order chi connectivity index (χ1) is 21.9. The summed E-state index contributed by atoms with van der Waals surface area (Å²) in [5, 5.41) is 10.5. The number of allylic oxidation sites excluding steroid dienone is 1. The van der Waals surface area contributed by atoms with Crippen LogP contribution in [0, 0.1) is 18.8 Å². The lowest BCUT2D eigenvalue weighted by atomic mass is 9.85. The molecule has 3 aromatic carbocycles. The summed E-state index contributed by atoms with van der Waals surface area (Å²) in [7, 11) is 0. The highest BCUT2D eigenvalue weighted by molar-refractivity contribution is 5.87. The molecule has 10 heteroatoms. The van der Waals surface area contributed by atoms with Gasteiger partial charge in [0, 0.05) is 29.5 Å². The van der Waals surface area contributed by atoms with Crippen LogP contribution in [0.3, 0.4) is 0 Å². The van der Waals surface area contributed by atoms with Crippen LogP contribution in [-0.4, -0.2) is 38.5 Å². The molecule has 5 aliphatic heterocycles. The first-order valence-electron chi connectivity index (χ1n) is 15.0. The predicted molar refractivity (Wildman–Crippen MR) is 161 cm³/mol. The van der Waals surface area contributed by atoms with Gasteiger partial charge in [-0.05, 0) is 61.2 Å². The zero-order valence-corrected chi connectivity index (χ0v) is 24.9. The molecule has 1 aromatic heterocycles. The van der Waals surface area contributed by atoms with Crippen LogP contribution in [0.1, 0.15) is 41.6 Å². The smallest absolute Gasteiger partial charge is 0.231 e. The third kappa shape index (κ3) is 4.94. The molecule has 0 amide bonds. The summed E-state index contributed by atoms with van der Waals surface area (Å²) in [6.07, 6.45) is 2.59. The van der Waals surface area contributed by atoms with Crippen LogP contribution in [0.2, 0.25) is 0 Å². The van der Waals surface area contributed by atoms with Gasteiger partial charge >= 0.3 is 0 Å². The van der Waals surface area contributed by atoms with Crippen LogP contribution in [0.15, 0.2) is 69.4 Å². The first kappa shape index (κ1) is 27.8. The number of rotatable bonds is 2. The summed E-state index contributed by atoms with van der Waals surface area (Å²) in [5.74, 6) is 4.88. The van der Waals surface area contributed by atoms with Gasteiger partial charge in [-0.25, -0.2) is 0 Å². The van der Waals surface area contributed by atoms with Crippen LogP contribution >= 0.6 is 0 Å². The fourth-order valence-electron chi connectivity index (χ4n) is 6.71. The normalized spacial score (nSPS) is 23.8. The van der Waals surface area contributed by atoms with Crippen molar-refractivity contribution in [1.82, 2.24) is 0 Å². The Labute approximate surface area is 258 Å². The minimum atomic E-state index is -0.232. The van der Waals surface area contributed by atoms with E-state index in [1.165, 1.54) is 6.07 Å². The van der Waals surface area contributed by atoms with Gasteiger partial charge in [0.15, 0.2) is 28.4 Å². The molecule has 2 saturated heterocycles. The first-order valence-corrected chi connectivity index (χ1v) is 15.0. The lowest BCUT2D eigenvalue weighted by Crippen LogP contribution is -2.14. The molecule has 0 saturated carbocycles. The van der Waals surface area contributed by atoms with Crippen LogP contribution < -0.4 is 29.1 Å². The highest BCUT2D eigenvalue weighted by Gasteiger charge is 2.48. The van der Waals surface area contributed by atoms with Crippen molar-refractivity contribution in [3.05, 3.63) is 92.9 Å². The molecule has 4 atom stereocenters. The number of benzene rings is 3. The van der Waals surface area contributed by atoms with Gasteiger partial charge in [-0.2, -0.15) is 0 Å². The van der Waals surface area contributed by atoms with Gasteiger partial charge < -0.3 is 42.7 Å². The number of phenols is 1. The molecule has 0 aliphatic carbocycles.